The van der Waals surface area contributed by atoms with Crippen LogP contribution in [0.3, 0.4) is 0 Å². The number of esters is 2. The van der Waals surface area contributed by atoms with Crippen LogP contribution in [0.15, 0.2) is 36.9 Å². The summed E-state index contributed by atoms with van der Waals surface area (Å²) in [5.74, 6) is -2.34. The van der Waals surface area contributed by atoms with Gasteiger partial charge < -0.3 is 20.1 Å². The molecule has 10 nitrogen and oxygen atoms in total. The number of ether oxygens (including phenoxy) is 2. The van der Waals surface area contributed by atoms with Gasteiger partial charge in [-0.3, -0.25) is 19.6 Å². The van der Waals surface area contributed by atoms with Gasteiger partial charge >= 0.3 is 11.9 Å². The van der Waals surface area contributed by atoms with Crippen molar-refractivity contribution in [3.05, 3.63) is 48.0 Å². The Hall–Kier alpha value is -3.82. The number of amides is 2. The highest BCUT2D eigenvalue weighted by molar-refractivity contribution is 6.07. The number of rotatable bonds is 7. The van der Waals surface area contributed by atoms with Crippen LogP contribution in [0.1, 0.15) is 34.6 Å². The molecule has 0 fully saturated rings. The number of hydrogen-bond acceptors (Lipinski definition) is 8. The van der Waals surface area contributed by atoms with Gasteiger partial charge in [0.1, 0.15) is 12.1 Å². The molecule has 30 heavy (non-hydrogen) atoms. The molecule has 0 aliphatic carbocycles. The fourth-order valence-corrected chi connectivity index (χ4v) is 2.64. The maximum absolute atomic E-state index is 12.7. The van der Waals surface area contributed by atoms with E-state index in [0.29, 0.717) is 11.1 Å². The fourth-order valence-electron chi connectivity index (χ4n) is 2.64. The Morgan fingerprint density at radius 1 is 0.767 bits per heavy atom. The third-order valence-corrected chi connectivity index (χ3v) is 4.23. The van der Waals surface area contributed by atoms with E-state index in [4.69, 9.17) is 0 Å². The van der Waals surface area contributed by atoms with Crippen LogP contribution in [0, 0.1) is 0 Å². The van der Waals surface area contributed by atoms with E-state index in [-0.39, 0.29) is 11.1 Å². The van der Waals surface area contributed by atoms with E-state index >= 15 is 0 Å². The molecule has 0 saturated heterocycles. The molecule has 2 amide bonds. The Morgan fingerprint density at radius 2 is 1.13 bits per heavy atom. The average molecular weight is 414 g/mol. The van der Waals surface area contributed by atoms with Crippen molar-refractivity contribution >= 4 is 23.8 Å². The predicted octanol–water partition coefficient (Wildman–Crippen LogP) is 0.726. The third kappa shape index (κ3) is 5.16. The zero-order valence-corrected chi connectivity index (χ0v) is 17.0. The van der Waals surface area contributed by atoms with Crippen molar-refractivity contribution in [3.63, 3.8) is 0 Å². The third-order valence-electron chi connectivity index (χ3n) is 4.23. The van der Waals surface area contributed by atoms with Crippen molar-refractivity contribution < 1.29 is 28.7 Å². The van der Waals surface area contributed by atoms with Crippen molar-refractivity contribution in [1.29, 1.82) is 0 Å². The molecule has 2 N–H and O–H groups in total. The van der Waals surface area contributed by atoms with Gasteiger partial charge in [0, 0.05) is 24.8 Å². The maximum Gasteiger partial charge on any atom is 0.328 e. The fraction of sp³-hybridized carbons (Fsp3) is 0.300. The van der Waals surface area contributed by atoms with Gasteiger partial charge in [-0.25, -0.2) is 9.59 Å². The summed E-state index contributed by atoms with van der Waals surface area (Å²) in [6.45, 7) is 2.97. The van der Waals surface area contributed by atoms with E-state index in [1.807, 2.05) is 0 Å². The van der Waals surface area contributed by atoms with Gasteiger partial charge in [-0.2, -0.15) is 0 Å². The lowest BCUT2D eigenvalue weighted by molar-refractivity contribution is -0.143. The first-order valence-corrected chi connectivity index (χ1v) is 8.95. The summed E-state index contributed by atoms with van der Waals surface area (Å²) in [4.78, 5) is 56.6. The number of nitrogens with one attached hydrogen (secondary N) is 2. The molecular formula is C20H22N4O6. The van der Waals surface area contributed by atoms with Crippen molar-refractivity contribution in [2.45, 2.75) is 25.9 Å². The van der Waals surface area contributed by atoms with Crippen LogP contribution in [-0.4, -0.2) is 60.0 Å². The predicted molar refractivity (Wildman–Crippen MR) is 105 cm³/mol. The maximum atomic E-state index is 12.7. The second kappa shape index (κ2) is 10.1. The van der Waals surface area contributed by atoms with Crippen LogP contribution in [0.4, 0.5) is 0 Å². The van der Waals surface area contributed by atoms with Crippen LogP contribution in [0.2, 0.25) is 0 Å². The first-order chi connectivity index (χ1) is 14.3. The Balaban J connectivity index is 2.40. The molecule has 0 radical (unpaired) electrons. The minimum atomic E-state index is -0.878. The summed E-state index contributed by atoms with van der Waals surface area (Å²) in [6, 6.07) is 1.37. The summed E-state index contributed by atoms with van der Waals surface area (Å²) in [6.07, 6.45) is 5.59. The Morgan fingerprint density at radius 3 is 1.47 bits per heavy atom. The summed E-state index contributed by atoms with van der Waals surface area (Å²) in [5, 5.41) is 5.06. The van der Waals surface area contributed by atoms with Gasteiger partial charge in [0.05, 0.1) is 25.3 Å². The molecule has 158 valence electrons. The van der Waals surface area contributed by atoms with Crippen molar-refractivity contribution in [3.8, 4) is 11.1 Å². The zero-order chi connectivity index (χ0) is 22.3. The molecular weight excluding hydrogens is 392 g/mol. The second-order valence-electron chi connectivity index (χ2n) is 6.28. The van der Waals surface area contributed by atoms with Crippen molar-refractivity contribution in [1.82, 2.24) is 20.6 Å². The SMILES string of the molecule is COC(=O)[C@@H](C)NC(=O)c1cnccc1-c1ccncc1C(=O)N[C@H](C)C(=O)OC. The number of nitrogens with zero attached hydrogens (tertiary/aromatic N) is 2. The van der Waals surface area contributed by atoms with Crippen molar-refractivity contribution in [2.24, 2.45) is 0 Å². The molecule has 0 bridgehead atoms. The Bertz CT molecular complexity index is 884. The lowest BCUT2D eigenvalue weighted by Gasteiger charge is -2.16. The lowest BCUT2D eigenvalue weighted by Crippen LogP contribution is -2.40. The largest absolute Gasteiger partial charge is 0.467 e. The zero-order valence-electron chi connectivity index (χ0n) is 17.0. The van der Waals surface area contributed by atoms with Gasteiger partial charge in [0.25, 0.3) is 11.8 Å². The molecule has 2 rings (SSSR count). The van der Waals surface area contributed by atoms with Crippen LogP contribution >= 0.6 is 0 Å². The van der Waals surface area contributed by atoms with Crippen LogP contribution < -0.4 is 10.6 Å². The first-order valence-electron chi connectivity index (χ1n) is 8.95. The second-order valence-corrected chi connectivity index (χ2v) is 6.28. The highest BCUT2D eigenvalue weighted by Crippen LogP contribution is 2.26. The topological polar surface area (TPSA) is 137 Å². The minimum Gasteiger partial charge on any atom is -0.467 e. The van der Waals surface area contributed by atoms with E-state index in [9.17, 15) is 19.2 Å². The van der Waals surface area contributed by atoms with Gasteiger partial charge in [0.2, 0.25) is 0 Å². The smallest absolute Gasteiger partial charge is 0.328 e. The van der Waals surface area contributed by atoms with Crippen molar-refractivity contribution in [2.75, 3.05) is 14.2 Å². The van der Waals surface area contributed by atoms with E-state index < -0.39 is 35.8 Å². The molecule has 0 saturated carbocycles. The van der Waals surface area contributed by atoms with Gasteiger partial charge in [-0.1, -0.05) is 0 Å². The molecule has 10 heteroatoms. The van der Waals surface area contributed by atoms with Gasteiger partial charge in [-0.15, -0.1) is 0 Å². The number of methoxy groups -OCH3 is 2. The van der Waals surface area contributed by atoms with E-state index in [1.54, 1.807) is 12.1 Å². The highest BCUT2D eigenvalue weighted by atomic mass is 16.5. The van der Waals surface area contributed by atoms with E-state index in [0.717, 1.165) is 0 Å². The summed E-state index contributed by atoms with van der Waals surface area (Å²) in [7, 11) is 2.44. The average Bonchev–Trinajstić information content (AvgIpc) is 2.77. The molecule has 2 heterocycles. The molecule has 0 aromatic carbocycles. The van der Waals surface area contributed by atoms with E-state index in [1.165, 1.54) is 52.9 Å². The van der Waals surface area contributed by atoms with Crippen LogP contribution in [-0.2, 0) is 19.1 Å². The van der Waals surface area contributed by atoms with Gasteiger partial charge in [0.15, 0.2) is 0 Å². The highest BCUT2D eigenvalue weighted by Gasteiger charge is 2.23. The molecule has 2 atom stereocenters. The lowest BCUT2D eigenvalue weighted by atomic mass is 9.97. The first kappa shape index (κ1) is 22.5. The van der Waals surface area contributed by atoms with Crippen LogP contribution in [0.5, 0.6) is 0 Å². The monoisotopic (exact) mass is 414 g/mol. The number of hydrogen-bond donors (Lipinski definition) is 2. The molecule has 0 unspecified atom stereocenters. The van der Waals surface area contributed by atoms with Crippen LogP contribution in [0.25, 0.3) is 11.1 Å². The summed E-state index contributed by atoms with van der Waals surface area (Å²) < 4.78 is 9.22. The normalized spacial score (nSPS) is 12.3. The molecule has 0 aliphatic heterocycles. The van der Waals surface area contributed by atoms with E-state index in [2.05, 4.69) is 30.1 Å². The Kier molecular flexibility index (Phi) is 7.56. The minimum absolute atomic E-state index is 0.148. The Labute approximate surface area is 173 Å². The number of carbonyl (C=O) groups is 4. The molecule has 2 aromatic heterocycles. The molecule has 0 aliphatic rings. The number of carbonyl (C=O) groups excluding carboxylic acids is 4. The molecule has 2 aromatic rings. The summed E-state index contributed by atoms with van der Waals surface area (Å²) in [5.41, 5.74) is 1.10. The summed E-state index contributed by atoms with van der Waals surface area (Å²) >= 11 is 0. The standard InChI is InChI=1S/C20H22N4O6/c1-11(19(27)29-3)23-17(25)15-9-21-7-5-13(15)14-6-8-22-10-16(14)18(26)24-12(2)20(28)30-4/h5-12H,1-4H3,(H,23,25)(H,24,26)/t11-,12-/m1/s1. The quantitative estimate of drug-likeness (QED) is 0.633. The van der Waals surface area contributed by atoms with Gasteiger partial charge in [-0.05, 0) is 37.1 Å². The number of aromatic nitrogens is 2. The number of pyridine rings is 2. The molecule has 0 spiro atoms.